The molecule has 0 unspecified atom stereocenters. The Morgan fingerprint density at radius 1 is 1.50 bits per heavy atom. The lowest BCUT2D eigenvalue weighted by Crippen LogP contribution is -2.31. The van der Waals surface area contributed by atoms with E-state index in [0.717, 1.165) is 5.01 Å². The van der Waals surface area contributed by atoms with E-state index in [4.69, 9.17) is 10.6 Å². The minimum Gasteiger partial charge on any atom is -0.442 e. The molecule has 1 amide bonds. The molecule has 0 fully saturated rings. The topological polar surface area (TPSA) is 80.3 Å². The summed E-state index contributed by atoms with van der Waals surface area (Å²) in [6, 6.07) is 0. The number of hydrogen-bond acceptors (Lipinski definition) is 4. The molecule has 0 aromatic heterocycles. The molecule has 0 bridgehead atoms. The number of ether oxygens (including phenoxy) is 1. The molecule has 2 N–H and O–H groups in total. The van der Waals surface area contributed by atoms with Crippen molar-refractivity contribution in [3.05, 3.63) is 0 Å². The van der Waals surface area contributed by atoms with Gasteiger partial charge in [0.1, 0.15) is 5.60 Å². The summed E-state index contributed by atoms with van der Waals surface area (Å²) in [6.45, 7) is 5.29. The Balaban J connectivity index is 4.05. The van der Waals surface area contributed by atoms with Gasteiger partial charge in [0.2, 0.25) is 0 Å². The van der Waals surface area contributed by atoms with Gasteiger partial charge in [-0.3, -0.25) is 0 Å². The molecule has 0 rings (SSSR count). The molecule has 0 radical (unpaired) electrons. The van der Waals surface area contributed by atoms with Gasteiger partial charge in [0, 0.05) is 7.05 Å². The van der Waals surface area contributed by atoms with E-state index in [2.05, 4.69) is 10.4 Å². The molecular formula is C6H14N4O2. The molecular weight excluding hydrogens is 160 g/mol. The molecule has 0 aliphatic rings. The van der Waals surface area contributed by atoms with Crippen LogP contribution in [0.4, 0.5) is 4.79 Å². The fourth-order valence-corrected chi connectivity index (χ4v) is 0.442. The second-order valence-electron chi connectivity index (χ2n) is 3.21. The zero-order valence-corrected chi connectivity index (χ0v) is 7.74. The highest BCUT2D eigenvalue weighted by Gasteiger charge is 2.19. The van der Waals surface area contributed by atoms with Crippen LogP contribution in [0.3, 0.4) is 0 Å². The number of carbonyl (C=O) groups is 1. The predicted octanol–water partition coefficient (Wildman–Crippen LogP) is 1.09. The Bertz CT molecular complexity index is 184. The van der Waals surface area contributed by atoms with Crippen LogP contribution < -0.4 is 5.84 Å². The van der Waals surface area contributed by atoms with Gasteiger partial charge in [0.25, 0.3) is 0 Å². The summed E-state index contributed by atoms with van der Waals surface area (Å²) in [5.41, 5.74) is -0.532. The van der Waals surface area contributed by atoms with E-state index in [0.29, 0.717) is 0 Å². The normalized spacial score (nSPS) is 11.7. The smallest absolute Gasteiger partial charge is 0.432 e. The van der Waals surface area contributed by atoms with E-state index < -0.39 is 11.7 Å². The molecule has 70 valence electrons. The Kier molecular flexibility index (Phi) is 3.46. The third kappa shape index (κ3) is 4.48. The van der Waals surface area contributed by atoms with Crippen LogP contribution in [0, 0.1) is 0 Å². The van der Waals surface area contributed by atoms with Crippen molar-refractivity contribution in [1.29, 1.82) is 0 Å². The summed E-state index contributed by atoms with van der Waals surface area (Å²) in [5.74, 6) is 4.74. The fourth-order valence-electron chi connectivity index (χ4n) is 0.442. The minimum absolute atomic E-state index is 0.532. The van der Waals surface area contributed by atoms with E-state index in [1.54, 1.807) is 20.8 Å². The number of nitrogens with two attached hydrogens (primary N) is 1. The molecule has 0 saturated carbocycles. The van der Waals surface area contributed by atoms with Crippen LogP contribution in [0.5, 0.6) is 0 Å². The lowest BCUT2D eigenvalue weighted by atomic mass is 10.2. The molecule has 0 aromatic rings. The maximum absolute atomic E-state index is 11.0. The molecule has 0 aromatic carbocycles. The molecule has 0 spiro atoms. The van der Waals surface area contributed by atoms with Crippen LogP contribution in [0.2, 0.25) is 0 Å². The Morgan fingerprint density at radius 3 is 2.33 bits per heavy atom. The first-order chi connectivity index (χ1) is 5.37. The van der Waals surface area contributed by atoms with Crippen molar-refractivity contribution in [2.45, 2.75) is 26.4 Å². The standard InChI is InChI=1S/C6H14N4O2/c1-6(2,3)12-5(11)10(4)9-8-7/h1-4H3,(H2,7,9). The molecule has 0 atom stereocenters. The third-order valence-corrected chi connectivity index (χ3v) is 0.844. The van der Waals surface area contributed by atoms with Crippen molar-refractivity contribution >= 4 is 6.09 Å². The summed E-state index contributed by atoms with van der Waals surface area (Å²) in [7, 11) is 1.41. The van der Waals surface area contributed by atoms with Gasteiger partial charge >= 0.3 is 6.09 Å². The minimum atomic E-state index is -0.586. The zero-order valence-electron chi connectivity index (χ0n) is 7.74. The van der Waals surface area contributed by atoms with E-state index in [9.17, 15) is 4.79 Å². The van der Waals surface area contributed by atoms with Crippen LogP contribution in [0.25, 0.3) is 0 Å². The summed E-state index contributed by atoms with van der Waals surface area (Å²) < 4.78 is 4.93. The molecule has 0 saturated heterocycles. The number of carbonyl (C=O) groups excluding carboxylic acids is 1. The van der Waals surface area contributed by atoms with Crippen LogP contribution >= 0.6 is 0 Å². The number of hydrogen-bond donors (Lipinski definition) is 1. The monoisotopic (exact) mass is 174 g/mol. The van der Waals surface area contributed by atoms with Gasteiger partial charge in [-0.05, 0) is 26.0 Å². The van der Waals surface area contributed by atoms with Crippen LogP contribution in [0.15, 0.2) is 10.4 Å². The van der Waals surface area contributed by atoms with E-state index in [-0.39, 0.29) is 0 Å². The van der Waals surface area contributed by atoms with Gasteiger partial charge in [0.05, 0.1) is 0 Å². The van der Waals surface area contributed by atoms with E-state index >= 15 is 0 Å². The largest absolute Gasteiger partial charge is 0.442 e. The van der Waals surface area contributed by atoms with Gasteiger partial charge < -0.3 is 10.6 Å². The molecule has 12 heavy (non-hydrogen) atoms. The summed E-state index contributed by atoms with van der Waals surface area (Å²) in [6.07, 6.45) is -0.586. The van der Waals surface area contributed by atoms with Crippen molar-refractivity contribution in [2.24, 2.45) is 16.3 Å². The summed E-state index contributed by atoms with van der Waals surface area (Å²) in [4.78, 5) is 11.0. The van der Waals surface area contributed by atoms with Crippen LogP contribution in [-0.4, -0.2) is 23.8 Å². The van der Waals surface area contributed by atoms with Crippen molar-refractivity contribution in [1.82, 2.24) is 5.01 Å². The summed E-state index contributed by atoms with van der Waals surface area (Å²) >= 11 is 0. The molecule has 0 aliphatic carbocycles. The van der Waals surface area contributed by atoms with E-state index in [1.807, 2.05) is 0 Å². The maximum atomic E-state index is 11.0. The first-order valence-electron chi connectivity index (χ1n) is 3.44. The van der Waals surface area contributed by atoms with Crippen molar-refractivity contribution < 1.29 is 9.53 Å². The Morgan fingerprint density at radius 2 is 2.00 bits per heavy atom. The van der Waals surface area contributed by atoms with Gasteiger partial charge in [0.15, 0.2) is 0 Å². The quantitative estimate of drug-likeness (QED) is 0.367. The molecule has 6 nitrogen and oxygen atoms in total. The lowest BCUT2D eigenvalue weighted by Gasteiger charge is -2.21. The summed E-state index contributed by atoms with van der Waals surface area (Å²) in [5, 5.41) is 7.13. The third-order valence-electron chi connectivity index (χ3n) is 0.844. The average molecular weight is 174 g/mol. The van der Waals surface area contributed by atoms with Gasteiger partial charge in [-0.25, -0.2) is 4.79 Å². The second kappa shape index (κ2) is 3.89. The van der Waals surface area contributed by atoms with Crippen molar-refractivity contribution in [2.75, 3.05) is 7.05 Å². The lowest BCUT2D eigenvalue weighted by molar-refractivity contribution is 0.0286. The van der Waals surface area contributed by atoms with Gasteiger partial charge in [-0.2, -0.15) is 5.01 Å². The Labute approximate surface area is 71.3 Å². The average Bonchev–Trinajstić information content (AvgIpc) is 1.84. The first kappa shape index (κ1) is 10.7. The van der Waals surface area contributed by atoms with Crippen molar-refractivity contribution in [3.63, 3.8) is 0 Å². The highest BCUT2D eigenvalue weighted by Crippen LogP contribution is 2.08. The molecule has 0 heterocycles. The molecule has 6 heteroatoms. The van der Waals surface area contributed by atoms with Crippen LogP contribution in [-0.2, 0) is 4.74 Å². The highest BCUT2D eigenvalue weighted by molar-refractivity contribution is 5.67. The predicted molar refractivity (Wildman–Crippen MR) is 43.0 cm³/mol. The fraction of sp³-hybridized carbons (Fsp3) is 0.833. The number of amides is 1. The van der Waals surface area contributed by atoms with Crippen molar-refractivity contribution in [3.8, 4) is 0 Å². The highest BCUT2D eigenvalue weighted by atomic mass is 16.6. The molecule has 0 aliphatic heterocycles. The number of nitrogens with zero attached hydrogens (tertiary/aromatic N) is 3. The Hall–Kier alpha value is -1.33. The van der Waals surface area contributed by atoms with Crippen LogP contribution in [0.1, 0.15) is 20.8 Å². The number of rotatable bonds is 1. The maximum Gasteiger partial charge on any atom is 0.432 e. The van der Waals surface area contributed by atoms with Gasteiger partial charge in [-0.1, -0.05) is 5.22 Å². The first-order valence-corrected chi connectivity index (χ1v) is 3.44. The second-order valence-corrected chi connectivity index (χ2v) is 3.21. The zero-order chi connectivity index (χ0) is 9.78. The van der Waals surface area contributed by atoms with Gasteiger partial charge in [-0.15, -0.1) is 0 Å². The SMILES string of the molecule is CN(N=NN)C(=O)OC(C)(C)C. The van der Waals surface area contributed by atoms with E-state index in [1.165, 1.54) is 7.05 Å².